The minimum atomic E-state index is -0.319. The van der Waals surface area contributed by atoms with Crippen LogP contribution in [0.5, 0.6) is 5.75 Å². The highest BCUT2D eigenvalue weighted by Crippen LogP contribution is 2.27. The lowest BCUT2D eigenvalue weighted by atomic mass is 10.1. The Bertz CT molecular complexity index is 508. The van der Waals surface area contributed by atoms with Crippen LogP contribution in [0.3, 0.4) is 0 Å². The van der Waals surface area contributed by atoms with E-state index in [-0.39, 0.29) is 11.1 Å². The second-order valence-corrected chi connectivity index (χ2v) is 4.22. The number of aromatic nitrogens is 2. The van der Waals surface area contributed by atoms with Crippen LogP contribution in [0.25, 0.3) is 11.5 Å². The molecule has 84 valence electrons. The maximum absolute atomic E-state index is 9.56. The van der Waals surface area contributed by atoms with Crippen molar-refractivity contribution in [3.8, 4) is 17.2 Å². The first-order valence-electron chi connectivity index (χ1n) is 4.85. The van der Waals surface area contributed by atoms with E-state index in [1.807, 2.05) is 13.0 Å². The van der Waals surface area contributed by atoms with Crippen LogP contribution in [0.1, 0.15) is 23.8 Å². The topological polar surface area (TPSA) is 59.2 Å². The lowest BCUT2D eigenvalue weighted by molar-refractivity contribution is 0.470. The summed E-state index contributed by atoms with van der Waals surface area (Å²) in [7, 11) is 0. The van der Waals surface area contributed by atoms with Crippen LogP contribution in [0.4, 0.5) is 0 Å². The molecule has 1 heterocycles. The third kappa shape index (κ3) is 2.02. The Morgan fingerprint density at radius 1 is 1.38 bits per heavy atom. The molecule has 0 aliphatic heterocycles. The van der Waals surface area contributed by atoms with Gasteiger partial charge in [-0.2, -0.15) is 0 Å². The summed E-state index contributed by atoms with van der Waals surface area (Å²) in [6.07, 6.45) is 0. The van der Waals surface area contributed by atoms with Gasteiger partial charge in [-0.3, -0.25) is 0 Å². The first kappa shape index (κ1) is 11.0. The van der Waals surface area contributed by atoms with E-state index in [0.29, 0.717) is 17.3 Å². The fourth-order valence-electron chi connectivity index (χ4n) is 1.25. The number of hydrogen-bond donors (Lipinski definition) is 1. The van der Waals surface area contributed by atoms with Crippen molar-refractivity contribution < 1.29 is 9.52 Å². The van der Waals surface area contributed by atoms with Gasteiger partial charge in [-0.15, -0.1) is 21.8 Å². The molecule has 1 N–H and O–H groups in total. The zero-order valence-electron chi connectivity index (χ0n) is 8.94. The van der Waals surface area contributed by atoms with Crippen molar-refractivity contribution in [2.45, 2.75) is 19.2 Å². The monoisotopic (exact) mass is 238 g/mol. The summed E-state index contributed by atoms with van der Waals surface area (Å²) in [5.41, 5.74) is 1.48. The first-order chi connectivity index (χ1) is 7.58. The van der Waals surface area contributed by atoms with Crippen molar-refractivity contribution in [1.29, 1.82) is 0 Å². The normalized spacial score (nSPS) is 12.7. The maximum atomic E-state index is 9.56. The van der Waals surface area contributed by atoms with E-state index in [2.05, 4.69) is 10.2 Å². The highest BCUT2D eigenvalue weighted by atomic mass is 35.5. The quantitative estimate of drug-likeness (QED) is 0.817. The van der Waals surface area contributed by atoms with Crippen molar-refractivity contribution in [1.82, 2.24) is 10.2 Å². The number of hydrogen-bond acceptors (Lipinski definition) is 4. The Hall–Kier alpha value is -1.55. The van der Waals surface area contributed by atoms with Crippen LogP contribution in [0.2, 0.25) is 0 Å². The SMILES string of the molecule is Cc1ccc(-c2nnc(C(C)Cl)o2)cc1O. The molecule has 0 aliphatic rings. The molecule has 5 heteroatoms. The van der Waals surface area contributed by atoms with Gasteiger partial charge < -0.3 is 9.52 Å². The predicted molar refractivity (Wildman–Crippen MR) is 60.4 cm³/mol. The third-order valence-corrected chi connectivity index (χ3v) is 2.42. The minimum Gasteiger partial charge on any atom is -0.508 e. The van der Waals surface area contributed by atoms with E-state index in [1.165, 1.54) is 0 Å². The number of aryl methyl sites for hydroxylation is 1. The van der Waals surface area contributed by atoms with Crippen LogP contribution in [0, 0.1) is 6.92 Å². The Morgan fingerprint density at radius 3 is 2.69 bits per heavy atom. The summed E-state index contributed by atoms with van der Waals surface area (Å²) < 4.78 is 5.36. The molecular weight excluding hydrogens is 228 g/mol. The molecule has 0 radical (unpaired) electrons. The molecule has 0 saturated carbocycles. The molecule has 16 heavy (non-hydrogen) atoms. The molecule has 2 rings (SSSR count). The van der Waals surface area contributed by atoms with Gasteiger partial charge in [0.2, 0.25) is 11.8 Å². The van der Waals surface area contributed by atoms with Crippen LogP contribution >= 0.6 is 11.6 Å². The van der Waals surface area contributed by atoms with E-state index in [0.717, 1.165) is 5.56 Å². The molecule has 4 nitrogen and oxygen atoms in total. The number of phenolic OH excluding ortho intramolecular Hbond substituents is 1. The standard InChI is InChI=1S/C11H11ClN2O2/c1-6-3-4-8(5-9(6)15)11-14-13-10(16-11)7(2)12/h3-5,7,15H,1-2H3. The van der Waals surface area contributed by atoms with Crippen molar-refractivity contribution in [2.75, 3.05) is 0 Å². The molecule has 0 aliphatic carbocycles. The summed E-state index contributed by atoms with van der Waals surface area (Å²) in [6.45, 7) is 3.57. The van der Waals surface area contributed by atoms with Gasteiger partial charge in [0.05, 0.1) is 0 Å². The van der Waals surface area contributed by atoms with Crippen molar-refractivity contribution >= 4 is 11.6 Å². The minimum absolute atomic E-state index is 0.205. The Balaban J connectivity index is 2.39. The molecule has 1 aromatic heterocycles. The van der Waals surface area contributed by atoms with Gasteiger partial charge in [0.1, 0.15) is 11.1 Å². The summed E-state index contributed by atoms with van der Waals surface area (Å²) in [5, 5.41) is 16.9. The van der Waals surface area contributed by atoms with Crippen molar-refractivity contribution in [3.05, 3.63) is 29.7 Å². The number of alkyl halides is 1. The highest BCUT2D eigenvalue weighted by Gasteiger charge is 2.13. The fourth-order valence-corrected chi connectivity index (χ4v) is 1.34. The number of benzene rings is 1. The number of nitrogens with zero attached hydrogens (tertiary/aromatic N) is 2. The largest absolute Gasteiger partial charge is 0.508 e. The predicted octanol–water partition coefficient (Wildman–Crippen LogP) is 3.05. The number of rotatable bonds is 2. The second kappa shape index (κ2) is 4.14. The number of phenols is 1. The smallest absolute Gasteiger partial charge is 0.247 e. The van der Waals surface area contributed by atoms with Crippen molar-refractivity contribution in [3.63, 3.8) is 0 Å². The van der Waals surface area contributed by atoms with Crippen LogP contribution < -0.4 is 0 Å². The number of aromatic hydroxyl groups is 1. The van der Waals surface area contributed by atoms with Crippen LogP contribution in [0.15, 0.2) is 22.6 Å². The summed E-state index contributed by atoms with van der Waals surface area (Å²) in [6, 6.07) is 5.19. The molecule has 1 aromatic carbocycles. The van der Waals surface area contributed by atoms with E-state index in [4.69, 9.17) is 16.0 Å². The molecule has 1 unspecified atom stereocenters. The molecule has 0 bridgehead atoms. The van der Waals surface area contributed by atoms with Gasteiger partial charge in [0, 0.05) is 5.56 Å². The van der Waals surface area contributed by atoms with Gasteiger partial charge in [-0.25, -0.2) is 0 Å². The molecule has 0 amide bonds. The molecule has 0 spiro atoms. The molecule has 0 fully saturated rings. The number of halogens is 1. The van der Waals surface area contributed by atoms with Gasteiger partial charge in [-0.1, -0.05) is 6.07 Å². The van der Waals surface area contributed by atoms with E-state index < -0.39 is 0 Å². The van der Waals surface area contributed by atoms with Crippen molar-refractivity contribution in [2.24, 2.45) is 0 Å². The summed E-state index contributed by atoms with van der Waals surface area (Å²) in [4.78, 5) is 0. The zero-order chi connectivity index (χ0) is 11.7. The van der Waals surface area contributed by atoms with Gasteiger partial charge in [0.25, 0.3) is 0 Å². The average Bonchev–Trinajstić information content (AvgIpc) is 2.71. The van der Waals surface area contributed by atoms with E-state index >= 15 is 0 Å². The Kier molecular flexibility index (Phi) is 2.83. The maximum Gasteiger partial charge on any atom is 0.247 e. The Morgan fingerprint density at radius 2 is 2.12 bits per heavy atom. The fraction of sp³-hybridized carbons (Fsp3) is 0.273. The van der Waals surface area contributed by atoms with Crippen LogP contribution in [-0.4, -0.2) is 15.3 Å². The van der Waals surface area contributed by atoms with E-state index in [9.17, 15) is 5.11 Å². The van der Waals surface area contributed by atoms with Crippen LogP contribution in [-0.2, 0) is 0 Å². The first-order valence-corrected chi connectivity index (χ1v) is 5.29. The van der Waals surface area contributed by atoms with Gasteiger partial charge in [0.15, 0.2) is 0 Å². The van der Waals surface area contributed by atoms with E-state index in [1.54, 1.807) is 19.1 Å². The lowest BCUT2D eigenvalue weighted by Gasteiger charge is -1.99. The third-order valence-electron chi connectivity index (χ3n) is 2.24. The van der Waals surface area contributed by atoms with Gasteiger partial charge in [-0.05, 0) is 31.5 Å². The second-order valence-electron chi connectivity index (χ2n) is 3.56. The molecule has 0 saturated heterocycles. The van der Waals surface area contributed by atoms with Gasteiger partial charge >= 0.3 is 0 Å². The molecule has 2 aromatic rings. The summed E-state index contributed by atoms with van der Waals surface area (Å²) in [5.74, 6) is 0.936. The lowest BCUT2D eigenvalue weighted by Crippen LogP contribution is -1.81. The Labute approximate surface area is 97.9 Å². The highest BCUT2D eigenvalue weighted by molar-refractivity contribution is 6.20. The summed E-state index contributed by atoms with van der Waals surface area (Å²) >= 11 is 5.81. The molecule has 1 atom stereocenters. The average molecular weight is 239 g/mol. The molecular formula is C11H11ClN2O2. The zero-order valence-corrected chi connectivity index (χ0v) is 9.69.